The van der Waals surface area contributed by atoms with E-state index in [2.05, 4.69) is 4.98 Å². The second-order valence-electron chi connectivity index (χ2n) is 5.13. The molecule has 0 saturated carbocycles. The Morgan fingerprint density at radius 1 is 0.957 bits per heavy atom. The smallest absolute Gasteiger partial charge is 0.193 e. The summed E-state index contributed by atoms with van der Waals surface area (Å²) in [6.45, 7) is 0. The van der Waals surface area contributed by atoms with Crippen molar-refractivity contribution in [1.82, 2.24) is 4.98 Å². The number of para-hydroxylation sites is 1. The van der Waals surface area contributed by atoms with Gasteiger partial charge in [0.15, 0.2) is 22.6 Å². The van der Waals surface area contributed by atoms with Crippen LogP contribution < -0.4 is 5.43 Å². The van der Waals surface area contributed by atoms with Gasteiger partial charge < -0.3 is 4.42 Å². The average Bonchev–Trinajstić information content (AvgIpc) is 2.55. The summed E-state index contributed by atoms with van der Waals surface area (Å²) in [6, 6.07) is 13.8. The van der Waals surface area contributed by atoms with Crippen molar-refractivity contribution in [2.75, 3.05) is 0 Å². The van der Waals surface area contributed by atoms with E-state index in [1.165, 1.54) is 6.07 Å². The summed E-state index contributed by atoms with van der Waals surface area (Å²) < 4.78 is 32.6. The van der Waals surface area contributed by atoms with Gasteiger partial charge in [-0.3, -0.25) is 4.79 Å². The van der Waals surface area contributed by atoms with Gasteiger partial charge in [-0.15, -0.1) is 0 Å². The van der Waals surface area contributed by atoms with Crippen molar-refractivity contribution in [3.8, 4) is 11.5 Å². The Labute approximate surface area is 128 Å². The third-order valence-electron chi connectivity index (χ3n) is 3.60. The zero-order valence-electron chi connectivity index (χ0n) is 11.7. The molecular formula is C18H9F2NO2. The molecule has 4 aromatic rings. The standard InChI is InChI=1S/C18H9F2NO2/c19-11-7-12-16(22)9-17(23-18(12)13(20)8-11)15-6-5-10-3-1-2-4-14(10)21-15/h1-9H. The summed E-state index contributed by atoms with van der Waals surface area (Å²) in [6.07, 6.45) is 0. The normalized spacial score (nSPS) is 11.2. The molecule has 2 heterocycles. The van der Waals surface area contributed by atoms with Gasteiger partial charge in [0, 0.05) is 17.5 Å². The number of nitrogens with zero attached hydrogens (tertiary/aromatic N) is 1. The highest BCUT2D eigenvalue weighted by Crippen LogP contribution is 2.25. The van der Waals surface area contributed by atoms with E-state index in [1.54, 1.807) is 6.07 Å². The molecular weight excluding hydrogens is 300 g/mol. The van der Waals surface area contributed by atoms with Gasteiger partial charge in [-0.2, -0.15) is 0 Å². The summed E-state index contributed by atoms with van der Waals surface area (Å²) in [4.78, 5) is 16.5. The lowest BCUT2D eigenvalue weighted by Gasteiger charge is -2.05. The summed E-state index contributed by atoms with van der Waals surface area (Å²) in [5, 5.41) is 0.805. The predicted octanol–water partition coefficient (Wildman–Crippen LogP) is 4.29. The number of aromatic nitrogens is 1. The fourth-order valence-corrected chi connectivity index (χ4v) is 2.51. The quantitative estimate of drug-likeness (QED) is 0.527. The Morgan fingerprint density at radius 3 is 2.65 bits per heavy atom. The average molecular weight is 309 g/mol. The van der Waals surface area contributed by atoms with Crippen molar-refractivity contribution in [3.63, 3.8) is 0 Å². The van der Waals surface area contributed by atoms with Crippen LogP contribution in [-0.2, 0) is 0 Å². The molecule has 0 spiro atoms. The Balaban J connectivity index is 1.99. The van der Waals surface area contributed by atoms with Gasteiger partial charge in [0.25, 0.3) is 0 Å². The Kier molecular flexibility index (Phi) is 2.94. The first-order chi connectivity index (χ1) is 11.1. The van der Waals surface area contributed by atoms with Crippen LogP contribution in [0.4, 0.5) is 8.78 Å². The lowest BCUT2D eigenvalue weighted by Crippen LogP contribution is -2.03. The Bertz CT molecular complexity index is 1120. The van der Waals surface area contributed by atoms with Gasteiger partial charge in [0.05, 0.1) is 10.9 Å². The maximum atomic E-state index is 13.9. The van der Waals surface area contributed by atoms with Gasteiger partial charge >= 0.3 is 0 Å². The van der Waals surface area contributed by atoms with Gasteiger partial charge in [-0.05, 0) is 18.2 Å². The molecule has 0 fully saturated rings. The molecule has 2 aromatic heterocycles. The molecule has 4 rings (SSSR count). The molecule has 23 heavy (non-hydrogen) atoms. The van der Waals surface area contributed by atoms with Crippen molar-refractivity contribution < 1.29 is 13.2 Å². The minimum Gasteiger partial charge on any atom is -0.451 e. The van der Waals surface area contributed by atoms with Gasteiger partial charge in [0.2, 0.25) is 0 Å². The molecule has 0 N–H and O–H groups in total. The van der Waals surface area contributed by atoms with E-state index in [4.69, 9.17) is 4.42 Å². The molecule has 0 saturated heterocycles. The number of hydrogen-bond acceptors (Lipinski definition) is 3. The molecule has 0 aliphatic heterocycles. The molecule has 0 atom stereocenters. The summed E-state index contributed by atoms with van der Waals surface area (Å²) in [7, 11) is 0. The zero-order chi connectivity index (χ0) is 16.0. The Hall–Kier alpha value is -3.08. The van der Waals surface area contributed by atoms with Gasteiger partial charge in [-0.1, -0.05) is 24.3 Å². The third kappa shape index (κ3) is 2.26. The number of benzene rings is 2. The third-order valence-corrected chi connectivity index (χ3v) is 3.60. The molecule has 2 aromatic carbocycles. The summed E-state index contributed by atoms with van der Waals surface area (Å²) in [5.74, 6) is -1.60. The van der Waals surface area contributed by atoms with Crippen LogP contribution in [0.3, 0.4) is 0 Å². The lowest BCUT2D eigenvalue weighted by molar-refractivity contribution is 0.544. The molecule has 0 bridgehead atoms. The Morgan fingerprint density at radius 2 is 1.78 bits per heavy atom. The second kappa shape index (κ2) is 4.98. The molecule has 0 aliphatic carbocycles. The molecule has 112 valence electrons. The topological polar surface area (TPSA) is 43.1 Å². The van der Waals surface area contributed by atoms with E-state index < -0.39 is 17.1 Å². The molecule has 3 nitrogen and oxygen atoms in total. The maximum absolute atomic E-state index is 13.9. The van der Waals surface area contributed by atoms with Crippen molar-refractivity contribution in [1.29, 1.82) is 0 Å². The van der Waals surface area contributed by atoms with Crippen LogP contribution in [0.5, 0.6) is 0 Å². The molecule has 0 unspecified atom stereocenters. The number of pyridine rings is 1. The first-order valence-electron chi connectivity index (χ1n) is 6.91. The lowest BCUT2D eigenvalue weighted by atomic mass is 10.1. The molecule has 0 aliphatic rings. The van der Waals surface area contributed by atoms with Gasteiger partial charge in [0.1, 0.15) is 11.5 Å². The number of rotatable bonds is 1. The largest absolute Gasteiger partial charge is 0.451 e. The SMILES string of the molecule is O=c1cc(-c2ccc3ccccc3n2)oc2c(F)cc(F)cc12. The van der Waals surface area contributed by atoms with E-state index in [0.717, 1.165) is 17.0 Å². The van der Waals surface area contributed by atoms with Crippen LogP contribution in [0, 0.1) is 11.6 Å². The zero-order valence-corrected chi connectivity index (χ0v) is 11.7. The van der Waals surface area contributed by atoms with Gasteiger partial charge in [-0.25, -0.2) is 13.8 Å². The number of hydrogen-bond donors (Lipinski definition) is 0. The highest BCUT2D eigenvalue weighted by molar-refractivity contribution is 5.82. The van der Waals surface area contributed by atoms with Crippen LogP contribution in [0.1, 0.15) is 0 Å². The highest BCUT2D eigenvalue weighted by atomic mass is 19.1. The van der Waals surface area contributed by atoms with Crippen LogP contribution in [0.2, 0.25) is 0 Å². The van der Waals surface area contributed by atoms with Crippen molar-refractivity contribution in [3.05, 3.63) is 76.5 Å². The van der Waals surface area contributed by atoms with E-state index in [0.29, 0.717) is 11.8 Å². The van der Waals surface area contributed by atoms with Crippen molar-refractivity contribution in [2.45, 2.75) is 0 Å². The predicted molar refractivity (Wildman–Crippen MR) is 83.1 cm³/mol. The van der Waals surface area contributed by atoms with Crippen molar-refractivity contribution >= 4 is 21.9 Å². The molecule has 0 amide bonds. The maximum Gasteiger partial charge on any atom is 0.193 e. The van der Waals surface area contributed by atoms with E-state index >= 15 is 0 Å². The fourth-order valence-electron chi connectivity index (χ4n) is 2.51. The van der Waals surface area contributed by atoms with Crippen LogP contribution in [-0.4, -0.2) is 4.98 Å². The fraction of sp³-hybridized carbons (Fsp3) is 0. The second-order valence-corrected chi connectivity index (χ2v) is 5.13. The van der Waals surface area contributed by atoms with Crippen molar-refractivity contribution in [2.24, 2.45) is 0 Å². The summed E-state index contributed by atoms with van der Waals surface area (Å²) in [5.41, 5.74) is 0.345. The highest BCUT2D eigenvalue weighted by Gasteiger charge is 2.13. The first kappa shape index (κ1) is 13.6. The molecule has 5 heteroatoms. The van der Waals surface area contributed by atoms with E-state index in [1.807, 2.05) is 30.3 Å². The summed E-state index contributed by atoms with van der Waals surface area (Å²) >= 11 is 0. The van der Waals surface area contributed by atoms with E-state index in [-0.39, 0.29) is 16.7 Å². The molecule has 0 radical (unpaired) electrons. The van der Waals surface area contributed by atoms with E-state index in [9.17, 15) is 13.6 Å². The minimum absolute atomic E-state index is 0.132. The van der Waals surface area contributed by atoms with Crippen LogP contribution >= 0.6 is 0 Å². The number of fused-ring (bicyclic) bond motifs is 2. The van der Waals surface area contributed by atoms with Crippen LogP contribution in [0.25, 0.3) is 33.3 Å². The first-order valence-corrected chi connectivity index (χ1v) is 6.91. The monoisotopic (exact) mass is 309 g/mol. The van der Waals surface area contributed by atoms with Crippen LogP contribution in [0.15, 0.2) is 63.8 Å². The number of halogens is 2. The minimum atomic E-state index is -0.917.